The third-order valence-corrected chi connectivity index (χ3v) is 4.41. The van der Waals surface area contributed by atoms with Crippen molar-refractivity contribution in [3.63, 3.8) is 0 Å². The van der Waals surface area contributed by atoms with E-state index in [4.69, 9.17) is 0 Å². The molecule has 0 nitrogen and oxygen atoms in total. The first-order chi connectivity index (χ1) is 5.92. The number of hydrogen-bond donors (Lipinski definition) is 0. The van der Waals surface area contributed by atoms with Gasteiger partial charge in [0.1, 0.15) is 0 Å². The number of rotatable bonds is 2. The Kier molecular flexibility index (Phi) is 4.46. The van der Waals surface area contributed by atoms with Crippen molar-refractivity contribution in [3.8, 4) is 0 Å². The molecule has 0 N–H and O–H groups in total. The van der Waals surface area contributed by atoms with Crippen LogP contribution in [0.5, 0.6) is 0 Å². The summed E-state index contributed by atoms with van der Waals surface area (Å²) in [7, 11) is 0.103. The molecular formula is C11H15NaSi. The molecule has 64 valence electrons. The summed E-state index contributed by atoms with van der Waals surface area (Å²) in [6.07, 6.45) is 4.67. The van der Waals surface area contributed by atoms with Crippen molar-refractivity contribution in [2.45, 2.75) is 18.5 Å². The van der Waals surface area contributed by atoms with Crippen molar-refractivity contribution in [1.29, 1.82) is 0 Å². The van der Waals surface area contributed by atoms with Gasteiger partial charge in [0.2, 0.25) is 0 Å². The first kappa shape index (κ1) is 11.3. The molecule has 1 aliphatic carbocycles. The van der Waals surface area contributed by atoms with E-state index in [2.05, 4.69) is 43.3 Å². The Morgan fingerprint density at radius 3 is 2.85 bits per heavy atom. The third-order valence-electron chi connectivity index (χ3n) is 2.50. The summed E-state index contributed by atoms with van der Waals surface area (Å²) in [5.41, 5.74) is 3.85. The number of fused-ring (bicyclic) bond motifs is 1. The summed E-state index contributed by atoms with van der Waals surface area (Å²) < 4.78 is 0. The van der Waals surface area contributed by atoms with Gasteiger partial charge in [0.25, 0.3) is 0 Å². The Morgan fingerprint density at radius 2 is 2.08 bits per heavy atom. The first-order valence-electron chi connectivity index (χ1n) is 4.69. The molecule has 1 aromatic carbocycles. The standard InChI is InChI=1S/C11H14Si.Na.H/c1-2-12-11-8-7-9-5-3-4-6-10(9)11;;/h3-8,11H,2,12H2,1H3;;. The summed E-state index contributed by atoms with van der Waals surface area (Å²) in [6.45, 7) is 2.31. The topological polar surface area (TPSA) is 0 Å². The van der Waals surface area contributed by atoms with Crippen LogP contribution < -0.4 is 0 Å². The second-order valence-electron chi connectivity index (χ2n) is 3.38. The van der Waals surface area contributed by atoms with Gasteiger partial charge in [-0.05, 0) is 16.7 Å². The summed E-state index contributed by atoms with van der Waals surface area (Å²) in [5, 5.41) is 0. The SMILES string of the molecule is CC[SiH2]C1C=Cc2ccccc21.[NaH]. The van der Waals surface area contributed by atoms with Gasteiger partial charge >= 0.3 is 29.6 Å². The van der Waals surface area contributed by atoms with Crippen LogP contribution >= 0.6 is 0 Å². The molecule has 0 spiro atoms. The second kappa shape index (κ2) is 5.16. The maximum atomic E-state index is 2.39. The average molecular weight is 198 g/mol. The molecule has 0 radical (unpaired) electrons. The molecular weight excluding hydrogens is 183 g/mol. The van der Waals surface area contributed by atoms with Gasteiger partial charge in [0.15, 0.2) is 0 Å². The normalized spacial score (nSPS) is 19.0. The fourth-order valence-electron chi connectivity index (χ4n) is 1.89. The predicted molar refractivity (Wildman–Crippen MR) is 64.4 cm³/mol. The van der Waals surface area contributed by atoms with E-state index < -0.39 is 0 Å². The van der Waals surface area contributed by atoms with Gasteiger partial charge in [0, 0.05) is 9.52 Å². The fourth-order valence-corrected chi connectivity index (χ4v) is 3.52. The van der Waals surface area contributed by atoms with Gasteiger partial charge in [-0.3, -0.25) is 0 Å². The van der Waals surface area contributed by atoms with Gasteiger partial charge in [-0.1, -0.05) is 49.4 Å². The van der Waals surface area contributed by atoms with Gasteiger partial charge in [0.05, 0.1) is 0 Å². The van der Waals surface area contributed by atoms with Crippen molar-refractivity contribution >= 4 is 45.2 Å². The molecule has 1 aromatic rings. The van der Waals surface area contributed by atoms with Crippen molar-refractivity contribution in [2.75, 3.05) is 0 Å². The Hall–Kier alpha value is 0.177. The monoisotopic (exact) mass is 198 g/mol. The molecule has 0 bridgehead atoms. The van der Waals surface area contributed by atoms with Gasteiger partial charge in [-0.15, -0.1) is 0 Å². The minimum absolute atomic E-state index is 0. The van der Waals surface area contributed by atoms with E-state index in [0.717, 1.165) is 5.54 Å². The Morgan fingerprint density at radius 1 is 1.31 bits per heavy atom. The van der Waals surface area contributed by atoms with Crippen molar-refractivity contribution in [1.82, 2.24) is 0 Å². The predicted octanol–water partition coefficient (Wildman–Crippen LogP) is 1.71. The van der Waals surface area contributed by atoms with E-state index in [-0.39, 0.29) is 39.1 Å². The first-order valence-corrected chi connectivity index (χ1v) is 6.50. The fraction of sp³-hybridized carbons (Fsp3) is 0.273. The zero-order chi connectivity index (χ0) is 8.39. The zero-order valence-electron chi connectivity index (χ0n) is 7.46. The second-order valence-corrected chi connectivity index (χ2v) is 5.84. The van der Waals surface area contributed by atoms with E-state index in [0.29, 0.717) is 0 Å². The molecule has 0 amide bonds. The molecule has 0 aliphatic heterocycles. The number of benzene rings is 1. The van der Waals surface area contributed by atoms with E-state index in [1.807, 2.05) is 0 Å². The molecule has 2 rings (SSSR count). The Labute approximate surface area is 105 Å². The van der Waals surface area contributed by atoms with Crippen LogP contribution in [0.2, 0.25) is 6.04 Å². The van der Waals surface area contributed by atoms with Crippen LogP contribution in [0.4, 0.5) is 0 Å². The Balaban J connectivity index is 0.000000845. The van der Waals surface area contributed by atoms with Crippen LogP contribution in [0.1, 0.15) is 23.6 Å². The summed E-state index contributed by atoms with van der Waals surface area (Å²) >= 11 is 0. The van der Waals surface area contributed by atoms with Crippen molar-refractivity contribution in [2.24, 2.45) is 0 Å². The molecule has 1 atom stereocenters. The van der Waals surface area contributed by atoms with Crippen LogP contribution in [0.15, 0.2) is 30.3 Å². The molecule has 0 heterocycles. The van der Waals surface area contributed by atoms with Crippen LogP contribution in [0.3, 0.4) is 0 Å². The Bertz CT molecular complexity index is 307. The summed E-state index contributed by atoms with van der Waals surface area (Å²) in [5.74, 6) is 0. The van der Waals surface area contributed by atoms with E-state index in [1.54, 1.807) is 5.56 Å². The van der Waals surface area contributed by atoms with Crippen LogP contribution in [-0.2, 0) is 0 Å². The quantitative estimate of drug-likeness (QED) is 0.635. The number of hydrogen-bond acceptors (Lipinski definition) is 0. The molecule has 0 saturated heterocycles. The van der Waals surface area contributed by atoms with Gasteiger partial charge in [-0.25, -0.2) is 0 Å². The molecule has 0 fully saturated rings. The van der Waals surface area contributed by atoms with Gasteiger partial charge in [-0.2, -0.15) is 0 Å². The van der Waals surface area contributed by atoms with Crippen molar-refractivity contribution in [3.05, 3.63) is 41.5 Å². The molecule has 1 aliphatic rings. The average Bonchev–Trinajstić information content (AvgIpc) is 2.50. The molecule has 13 heavy (non-hydrogen) atoms. The van der Waals surface area contributed by atoms with E-state index in [1.165, 1.54) is 11.6 Å². The van der Waals surface area contributed by atoms with E-state index in [9.17, 15) is 0 Å². The summed E-state index contributed by atoms with van der Waals surface area (Å²) in [6, 6.07) is 10.2. The van der Waals surface area contributed by atoms with Crippen LogP contribution in [0, 0.1) is 0 Å². The van der Waals surface area contributed by atoms with Gasteiger partial charge < -0.3 is 0 Å². The van der Waals surface area contributed by atoms with Crippen LogP contribution in [0.25, 0.3) is 6.08 Å². The van der Waals surface area contributed by atoms with Crippen LogP contribution in [-0.4, -0.2) is 39.1 Å². The summed E-state index contributed by atoms with van der Waals surface area (Å²) in [4.78, 5) is 0. The molecule has 0 aromatic heterocycles. The zero-order valence-corrected chi connectivity index (χ0v) is 8.87. The molecule has 1 unspecified atom stereocenters. The van der Waals surface area contributed by atoms with E-state index >= 15 is 0 Å². The third kappa shape index (κ3) is 2.35. The molecule has 0 saturated carbocycles. The minimum atomic E-state index is 0. The van der Waals surface area contributed by atoms with Crippen molar-refractivity contribution < 1.29 is 0 Å². The maximum absolute atomic E-state index is 2.39. The molecule has 2 heteroatoms. The number of allylic oxidation sites excluding steroid dienone is 1.